The van der Waals surface area contributed by atoms with Gasteiger partial charge in [0.2, 0.25) is 17.9 Å². The number of hydrogen-bond acceptors (Lipinski definition) is 13. The minimum atomic E-state index is -1.38. The Labute approximate surface area is 300 Å². The molecule has 15 nitrogen and oxygen atoms in total. The van der Waals surface area contributed by atoms with Gasteiger partial charge in [0, 0.05) is 49.3 Å². The molecule has 1 aromatic carbocycles. The lowest BCUT2D eigenvalue weighted by Crippen LogP contribution is -2.69. The fourth-order valence-electron chi connectivity index (χ4n) is 8.63. The van der Waals surface area contributed by atoms with Crippen LogP contribution in [0.5, 0.6) is 0 Å². The summed E-state index contributed by atoms with van der Waals surface area (Å²) < 4.78 is 30.2. The van der Waals surface area contributed by atoms with Gasteiger partial charge in [0.1, 0.15) is 36.4 Å². The van der Waals surface area contributed by atoms with Crippen LogP contribution in [-0.4, -0.2) is 109 Å². The maximum absolute atomic E-state index is 14.4. The molecule has 8 rings (SSSR count). The summed E-state index contributed by atoms with van der Waals surface area (Å²) in [5.41, 5.74) is -0.634. The van der Waals surface area contributed by atoms with E-state index >= 15 is 0 Å². The van der Waals surface area contributed by atoms with Crippen molar-refractivity contribution in [2.75, 3.05) is 26.3 Å². The van der Waals surface area contributed by atoms with Gasteiger partial charge in [-0.15, -0.1) is 0 Å². The molecule has 280 valence electrons. The molecule has 0 aromatic heterocycles. The largest absolute Gasteiger partial charge is 0.462 e. The van der Waals surface area contributed by atoms with Gasteiger partial charge in [-0.2, -0.15) is 5.06 Å². The minimum absolute atomic E-state index is 0.00983. The van der Waals surface area contributed by atoms with Crippen molar-refractivity contribution in [2.24, 2.45) is 22.7 Å². The van der Waals surface area contributed by atoms with Gasteiger partial charge in [-0.1, -0.05) is 38.1 Å². The molecule has 4 saturated heterocycles. The predicted molar refractivity (Wildman–Crippen MR) is 177 cm³/mol. The summed E-state index contributed by atoms with van der Waals surface area (Å²) in [6.07, 6.45) is 3.08. The van der Waals surface area contributed by atoms with E-state index in [1.54, 1.807) is 32.1 Å². The number of amides is 2. The number of hydroxylamine groups is 2. The summed E-state index contributed by atoms with van der Waals surface area (Å²) in [5.74, 6) is -2.92. The highest BCUT2D eigenvalue weighted by atomic mass is 16.8. The lowest BCUT2D eigenvalue weighted by Gasteiger charge is -2.48. The number of fused-ring (bicyclic) bond motifs is 4. The van der Waals surface area contributed by atoms with Crippen LogP contribution < -0.4 is 10.6 Å². The fraction of sp³-hybridized carbons (Fsp3) is 0.649. The molecule has 7 aliphatic rings. The smallest absolute Gasteiger partial charge is 0.348 e. The number of esters is 3. The van der Waals surface area contributed by atoms with Crippen molar-refractivity contribution in [3.05, 3.63) is 41.5 Å². The standard InChI is InChI=1S/C37H45N3O12/c1-35(2)19-47-33(45)31(35)49-26(43)11-6-20-4-3-5-21(16-20)18-40-29-32(44)48-24-17-36(29,34(46)39-13-12-25(42)38-14-15-41)30(52-40)28-27(24)50-37(51-28,22-7-8-22)23-9-10-23/h3-6,11,16,22-24,27-31,41H,7-10,12-15,17-19H2,1-2H3,(H,38,42)(H,39,46)/t24-,27+,28+,29+,30-,31+,36+/m1/s1. The van der Waals surface area contributed by atoms with E-state index in [0.29, 0.717) is 5.56 Å². The Hall–Kier alpha value is -3.89. The summed E-state index contributed by atoms with van der Waals surface area (Å²) in [5, 5.41) is 16.0. The van der Waals surface area contributed by atoms with Crippen LogP contribution in [0.25, 0.3) is 6.08 Å². The highest BCUT2D eigenvalue weighted by molar-refractivity contribution is 5.94. The van der Waals surface area contributed by atoms with Crippen molar-refractivity contribution in [1.82, 2.24) is 15.7 Å². The Morgan fingerprint density at radius 1 is 1.02 bits per heavy atom. The quantitative estimate of drug-likeness (QED) is 0.148. The van der Waals surface area contributed by atoms with Gasteiger partial charge in [0.25, 0.3) is 0 Å². The molecule has 15 heteroatoms. The molecule has 4 aliphatic heterocycles. The number of ether oxygens (including phenoxy) is 5. The third-order valence-corrected chi connectivity index (χ3v) is 11.4. The Kier molecular flexibility index (Phi) is 8.92. The second-order valence-electron chi connectivity index (χ2n) is 15.7. The van der Waals surface area contributed by atoms with Crippen LogP contribution in [0.2, 0.25) is 0 Å². The van der Waals surface area contributed by atoms with Crippen LogP contribution in [0, 0.1) is 22.7 Å². The molecule has 7 atom stereocenters. The predicted octanol–water partition coefficient (Wildman–Crippen LogP) is 0.910. The number of carbonyl (C=O) groups is 5. The van der Waals surface area contributed by atoms with Crippen molar-refractivity contribution in [2.45, 2.75) is 101 Å². The summed E-state index contributed by atoms with van der Waals surface area (Å²) in [7, 11) is 0. The third-order valence-electron chi connectivity index (χ3n) is 11.4. The second-order valence-corrected chi connectivity index (χ2v) is 15.7. The molecule has 2 amide bonds. The number of nitrogens with zero attached hydrogens (tertiary/aromatic N) is 1. The maximum atomic E-state index is 14.4. The zero-order valence-corrected chi connectivity index (χ0v) is 29.2. The van der Waals surface area contributed by atoms with Crippen LogP contribution in [0.1, 0.15) is 63.5 Å². The molecular formula is C37H45N3O12. The molecule has 0 radical (unpaired) electrons. The van der Waals surface area contributed by atoms with Crippen LogP contribution in [0.15, 0.2) is 30.3 Å². The molecule has 3 aliphatic carbocycles. The summed E-state index contributed by atoms with van der Waals surface area (Å²) in [4.78, 5) is 72.0. The van der Waals surface area contributed by atoms with E-state index in [-0.39, 0.29) is 63.4 Å². The molecule has 3 N–H and O–H groups in total. The molecule has 0 spiro atoms. The normalized spacial score (nSPS) is 34.1. The number of aliphatic hydroxyl groups is 1. The number of aliphatic hydroxyl groups excluding tert-OH is 1. The van der Waals surface area contributed by atoms with Gasteiger partial charge in [-0.3, -0.25) is 19.2 Å². The third kappa shape index (κ3) is 6.09. The van der Waals surface area contributed by atoms with Gasteiger partial charge in [-0.25, -0.2) is 9.59 Å². The number of rotatable bonds is 13. The number of benzene rings is 1. The molecule has 4 heterocycles. The van der Waals surface area contributed by atoms with E-state index in [4.69, 9.17) is 33.6 Å². The van der Waals surface area contributed by atoms with Crippen molar-refractivity contribution < 1.29 is 57.6 Å². The lowest BCUT2D eigenvalue weighted by atomic mass is 9.62. The van der Waals surface area contributed by atoms with Crippen LogP contribution in [0.3, 0.4) is 0 Å². The fourth-order valence-corrected chi connectivity index (χ4v) is 8.63. The average molecular weight is 724 g/mol. The highest BCUT2D eigenvalue weighted by Crippen LogP contribution is 2.63. The van der Waals surface area contributed by atoms with E-state index in [1.165, 1.54) is 11.1 Å². The van der Waals surface area contributed by atoms with E-state index in [9.17, 15) is 24.0 Å². The summed E-state index contributed by atoms with van der Waals surface area (Å²) in [6, 6.07) is 6.14. The Balaban J connectivity index is 1.03. The molecule has 2 bridgehead atoms. The van der Waals surface area contributed by atoms with Gasteiger partial charge in [0.15, 0.2) is 11.8 Å². The SMILES string of the molecule is CC1(C)COC(=O)[C@@H]1OC(=O)C=Cc1cccc(CN2O[C@@H]3[C@H]4OC(C5CC5)(C5CC5)O[C@H]4[C@H]4C[C@]3(C(=O)NCCC(=O)NCCO)[C@@H]2C(=O)O4)c1. The zero-order chi connectivity index (χ0) is 36.4. The van der Waals surface area contributed by atoms with Gasteiger partial charge < -0.3 is 39.4 Å². The van der Waals surface area contributed by atoms with Crippen molar-refractivity contribution in [3.8, 4) is 0 Å². The van der Waals surface area contributed by atoms with Crippen LogP contribution >= 0.6 is 0 Å². The molecular weight excluding hydrogens is 678 g/mol. The first-order chi connectivity index (χ1) is 24.9. The highest BCUT2D eigenvalue weighted by Gasteiger charge is 2.78. The minimum Gasteiger partial charge on any atom is -0.462 e. The first-order valence-electron chi connectivity index (χ1n) is 18.2. The van der Waals surface area contributed by atoms with Crippen LogP contribution in [-0.2, 0) is 59.0 Å². The number of nitrogens with one attached hydrogen (secondary N) is 2. The molecule has 1 aromatic rings. The van der Waals surface area contributed by atoms with Crippen molar-refractivity contribution in [3.63, 3.8) is 0 Å². The van der Waals surface area contributed by atoms with E-state index in [0.717, 1.165) is 31.2 Å². The maximum Gasteiger partial charge on any atom is 0.348 e. The van der Waals surface area contributed by atoms with E-state index in [1.807, 2.05) is 12.1 Å². The molecule has 3 saturated carbocycles. The number of cyclic esters (lactones) is 1. The Bertz CT molecular complexity index is 1660. The molecule has 0 unspecified atom stereocenters. The molecule has 52 heavy (non-hydrogen) atoms. The zero-order valence-electron chi connectivity index (χ0n) is 29.2. The lowest BCUT2D eigenvalue weighted by molar-refractivity contribution is -0.235. The van der Waals surface area contributed by atoms with Gasteiger partial charge >= 0.3 is 17.9 Å². The Morgan fingerprint density at radius 2 is 1.77 bits per heavy atom. The summed E-state index contributed by atoms with van der Waals surface area (Å²) in [6.45, 7) is 3.78. The van der Waals surface area contributed by atoms with Crippen LogP contribution in [0.4, 0.5) is 0 Å². The Morgan fingerprint density at radius 3 is 2.46 bits per heavy atom. The van der Waals surface area contributed by atoms with Gasteiger partial charge in [0.05, 0.1) is 13.2 Å². The molecule has 7 fully saturated rings. The second kappa shape index (κ2) is 13.2. The first-order valence-corrected chi connectivity index (χ1v) is 18.2. The van der Waals surface area contributed by atoms with E-state index < -0.39 is 77.0 Å². The van der Waals surface area contributed by atoms with Crippen molar-refractivity contribution in [1.29, 1.82) is 0 Å². The first kappa shape index (κ1) is 35.2. The van der Waals surface area contributed by atoms with Crippen molar-refractivity contribution >= 4 is 35.8 Å². The number of hydrogen-bond donors (Lipinski definition) is 3. The van der Waals surface area contributed by atoms with E-state index in [2.05, 4.69) is 10.6 Å². The van der Waals surface area contributed by atoms with Gasteiger partial charge in [-0.05, 0) is 42.9 Å². The topological polar surface area (TPSA) is 188 Å². The monoisotopic (exact) mass is 723 g/mol. The number of carbonyl (C=O) groups excluding carboxylic acids is 5. The summed E-state index contributed by atoms with van der Waals surface area (Å²) >= 11 is 0. The average Bonchev–Trinajstić information content (AvgIpc) is 4.06.